The number of carbonyl (C=O) groups is 2. The summed E-state index contributed by atoms with van der Waals surface area (Å²) >= 11 is 1.28. The Morgan fingerprint density at radius 3 is 2.29 bits per heavy atom. The van der Waals surface area contributed by atoms with Crippen molar-refractivity contribution in [3.05, 3.63) is 90.6 Å². The van der Waals surface area contributed by atoms with Crippen LogP contribution in [0.4, 0.5) is 5.69 Å². The number of allylic oxidation sites excluding steroid dienone is 1. The van der Waals surface area contributed by atoms with Gasteiger partial charge in [0.1, 0.15) is 5.75 Å². The first kappa shape index (κ1) is 34.6. The number of anilines is 1. The van der Waals surface area contributed by atoms with Crippen molar-refractivity contribution < 1.29 is 19.1 Å². The van der Waals surface area contributed by atoms with Crippen LogP contribution in [-0.2, 0) is 14.3 Å². The summed E-state index contributed by atoms with van der Waals surface area (Å²) in [6, 6.07) is 15.1. The van der Waals surface area contributed by atoms with Gasteiger partial charge in [-0.05, 0) is 75.2 Å². The summed E-state index contributed by atoms with van der Waals surface area (Å²) in [5.41, 5.74) is 3.26. The van der Waals surface area contributed by atoms with E-state index in [-0.39, 0.29) is 24.7 Å². The van der Waals surface area contributed by atoms with Crippen LogP contribution in [0, 0.1) is 0 Å². The fourth-order valence-electron chi connectivity index (χ4n) is 6.78. The highest BCUT2D eigenvalue weighted by Crippen LogP contribution is 2.31. The molecular formula is C37H46N6O5S. The van der Waals surface area contributed by atoms with Gasteiger partial charge in [-0.25, -0.2) is 9.79 Å². The number of likely N-dealkylation sites (tertiary alicyclic amines) is 1. The van der Waals surface area contributed by atoms with Gasteiger partial charge >= 0.3 is 5.97 Å². The van der Waals surface area contributed by atoms with Crippen LogP contribution in [0.1, 0.15) is 43.9 Å². The number of carbonyl (C=O) groups excluding carboxylic acids is 2. The second-order valence-electron chi connectivity index (χ2n) is 13.1. The van der Waals surface area contributed by atoms with Crippen molar-refractivity contribution >= 4 is 35.0 Å². The lowest BCUT2D eigenvalue weighted by Crippen LogP contribution is -2.53. The van der Waals surface area contributed by atoms with Crippen molar-refractivity contribution in [1.29, 1.82) is 0 Å². The summed E-state index contributed by atoms with van der Waals surface area (Å²) in [6.45, 7) is 9.69. The van der Waals surface area contributed by atoms with E-state index in [0.717, 1.165) is 68.9 Å². The predicted molar refractivity (Wildman–Crippen MR) is 192 cm³/mol. The maximum atomic E-state index is 14.0. The molecule has 0 bridgehead atoms. The zero-order chi connectivity index (χ0) is 34.7. The average Bonchev–Trinajstić information content (AvgIpc) is 3.41. The quantitative estimate of drug-likeness (QED) is 0.317. The van der Waals surface area contributed by atoms with E-state index >= 15 is 0 Å². The van der Waals surface area contributed by atoms with Crippen LogP contribution in [0.3, 0.4) is 0 Å². The fraction of sp³-hybridized carbons (Fsp3) is 0.459. The molecule has 1 amide bonds. The second kappa shape index (κ2) is 15.1. The number of amides is 1. The Balaban J connectivity index is 1.15. The lowest BCUT2D eigenvalue weighted by atomic mass is 9.95. The van der Waals surface area contributed by atoms with Gasteiger partial charge in [0.25, 0.3) is 11.5 Å². The largest absolute Gasteiger partial charge is 0.484 e. The minimum absolute atomic E-state index is 0.00500. The standard InChI is InChI=1S/C37H46N6O5S/c1-6-47-36(46)33-25(2)38-37-43(34(33)27-9-11-28(12-10-27)39(3)4)35(45)31(49-37)23-26-7-13-30(14-8-26)48-24-32(44)42-17-15-29(16-18-42)41-21-19-40(5)20-22-41/h7-14,23,29,34H,6,15-22,24H2,1-5H3/b31-23-. The number of hydrogen-bond acceptors (Lipinski definition) is 10. The zero-order valence-corrected chi connectivity index (χ0v) is 29.9. The molecule has 2 fully saturated rings. The van der Waals surface area contributed by atoms with E-state index in [0.29, 0.717) is 32.4 Å². The minimum Gasteiger partial charge on any atom is -0.484 e. The minimum atomic E-state index is -0.667. The van der Waals surface area contributed by atoms with Crippen molar-refractivity contribution in [3.8, 4) is 5.75 Å². The molecule has 3 aliphatic rings. The van der Waals surface area contributed by atoms with Gasteiger partial charge in [-0.15, -0.1) is 0 Å². The van der Waals surface area contributed by atoms with Crippen LogP contribution in [-0.4, -0.2) is 111 Å². The molecule has 2 aromatic carbocycles. The molecule has 1 unspecified atom stereocenters. The van der Waals surface area contributed by atoms with Crippen LogP contribution in [0.5, 0.6) is 5.75 Å². The van der Waals surface area contributed by atoms with Crippen LogP contribution >= 0.6 is 11.3 Å². The summed E-state index contributed by atoms with van der Waals surface area (Å²) in [5, 5.41) is 0. The third-order valence-electron chi connectivity index (χ3n) is 9.65. The number of aromatic nitrogens is 1. The third kappa shape index (κ3) is 7.66. The Bertz CT molecular complexity index is 1870. The van der Waals surface area contributed by atoms with E-state index in [2.05, 4.69) is 21.8 Å². The maximum Gasteiger partial charge on any atom is 0.338 e. The lowest BCUT2D eigenvalue weighted by molar-refractivity contribution is -0.139. The first-order valence-electron chi connectivity index (χ1n) is 17.0. The van der Waals surface area contributed by atoms with Gasteiger partial charge < -0.3 is 24.2 Å². The first-order valence-corrected chi connectivity index (χ1v) is 17.8. The van der Waals surface area contributed by atoms with Crippen molar-refractivity contribution in [2.75, 3.05) is 78.5 Å². The summed E-state index contributed by atoms with van der Waals surface area (Å²) in [4.78, 5) is 54.1. The van der Waals surface area contributed by atoms with Crippen molar-refractivity contribution in [2.45, 2.75) is 38.8 Å². The van der Waals surface area contributed by atoms with Gasteiger partial charge in [-0.3, -0.25) is 19.1 Å². The van der Waals surface area contributed by atoms with Crippen LogP contribution < -0.4 is 24.5 Å². The number of piperidine rings is 1. The van der Waals surface area contributed by atoms with Crippen LogP contribution in [0.25, 0.3) is 6.08 Å². The smallest absolute Gasteiger partial charge is 0.338 e. The molecule has 0 saturated carbocycles. The van der Waals surface area contributed by atoms with E-state index < -0.39 is 12.0 Å². The number of piperazine rings is 1. The predicted octanol–water partition coefficient (Wildman–Crippen LogP) is 2.48. The Hall–Kier alpha value is -4.26. The van der Waals surface area contributed by atoms with Crippen LogP contribution in [0.15, 0.2) is 69.6 Å². The topological polar surface area (TPSA) is 99.9 Å². The summed E-state index contributed by atoms with van der Waals surface area (Å²) in [5.74, 6) is 0.115. The number of ether oxygens (including phenoxy) is 2. The van der Waals surface area contributed by atoms with E-state index in [9.17, 15) is 14.4 Å². The number of hydrogen-bond donors (Lipinski definition) is 0. The molecule has 4 heterocycles. The molecule has 0 N–H and O–H groups in total. The molecule has 3 aliphatic heterocycles. The molecule has 49 heavy (non-hydrogen) atoms. The third-order valence-corrected chi connectivity index (χ3v) is 10.6. The van der Waals surface area contributed by atoms with Gasteiger partial charge in [0.2, 0.25) is 0 Å². The molecule has 1 aromatic heterocycles. The Labute approximate surface area is 291 Å². The molecule has 3 aromatic rings. The molecule has 2 saturated heterocycles. The summed E-state index contributed by atoms with van der Waals surface area (Å²) in [6.07, 6.45) is 3.82. The monoisotopic (exact) mass is 686 g/mol. The highest BCUT2D eigenvalue weighted by Gasteiger charge is 2.33. The Morgan fingerprint density at radius 1 is 0.980 bits per heavy atom. The van der Waals surface area contributed by atoms with Gasteiger partial charge in [0.05, 0.1) is 28.5 Å². The number of fused-ring (bicyclic) bond motifs is 1. The molecule has 0 radical (unpaired) electrons. The lowest BCUT2D eigenvalue weighted by Gasteiger charge is -2.42. The van der Waals surface area contributed by atoms with Crippen molar-refractivity contribution in [3.63, 3.8) is 0 Å². The number of likely N-dealkylation sites (N-methyl/N-ethyl adjacent to an activating group) is 1. The van der Waals surface area contributed by atoms with E-state index in [1.165, 1.54) is 11.3 Å². The molecule has 12 heteroatoms. The molecule has 260 valence electrons. The van der Waals surface area contributed by atoms with Crippen molar-refractivity contribution in [1.82, 2.24) is 19.3 Å². The molecule has 0 spiro atoms. The zero-order valence-electron chi connectivity index (χ0n) is 29.1. The normalized spacial score (nSPS) is 19.4. The summed E-state index contributed by atoms with van der Waals surface area (Å²) in [7, 11) is 6.09. The fourth-order valence-corrected chi connectivity index (χ4v) is 7.82. The van der Waals surface area contributed by atoms with Crippen LogP contribution in [0.2, 0.25) is 0 Å². The SMILES string of the molecule is CCOC(=O)C1=C(C)N=c2s/c(=C\c3ccc(OCC(=O)N4CCC(N5CCN(C)CC5)CC4)cc3)c(=O)n2C1c1ccc(N(C)C)cc1. The number of esters is 1. The molecular weight excluding hydrogens is 641 g/mol. The number of thiazole rings is 1. The van der Waals surface area contributed by atoms with Gasteiger partial charge in [-0.1, -0.05) is 35.6 Å². The molecule has 1 atom stereocenters. The van der Waals surface area contributed by atoms with E-state index in [1.54, 1.807) is 18.4 Å². The number of rotatable bonds is 9. The van der Waals surface area contributed by atoms with Gasteiger partial charge in [0, 0.05) is 65.1 Å². The van der Waals surface area contributed by atoms with Crippen molar-refractivity contribution in [2.24, 2.45) is 4.99 Å². The van der Waals surface area contributed by atoms with E-state index in [1.807, 2.05) is 78.5 Å². The molecule has 11 nitrogen and oxygen atoms in total. The maximum absolute atomic E-state index is 14.0. The highest BCUT2D eigenvalue weighted by atomic mass is 32.1. The average molecular weight is 687 g/mol. The molecule has 0 aliphatic carbocycles. The second-order valence-corrected chi connectivity index (χ2v) is 14.1. The Kier molecular flexibility index (Phi) is 10.7. The Morgan fingerprint density at radius 2 is 1.65 bits per heavy atom. The highest BCUT2D eigenvalue weighted by molar-refractivity contribution is 7.07. The van der Waals surface area contributed by atoms with Gasteiger partial charge in [0.15, 0.2) is 11.4 Å². The molecule has 6 rings (SSSR count). The first-order chi connectivity index (χ1) is 23.6. The number of benzene rings is 2. The van der Waals surface area contributed by atoms with Gasteiger partial charge in [-0.2, -0.15) is 0 Å². The van der Waals surface area contributed by atoms with E-state index in [4.69, 9.17) is 9.47 Å². The number of nitrogens with zero attached hydrogens (tertiary/aromatic N) is 6. The summed E-state index contributed by atoms with van der Waals surface area (Å²) < 4.78 is 13.4.